The maximum absolute atomic E-state index is 9.52. The van der Waals surface area contributed by atoms with Crippen LogP contribution in [-0.2, 0) is 0 Å². The first-order valence-corrected chi connectivity index (χ1v) is 6.84. The van der Waals surface area contributed by atoms with Gasteiger partial charge >= 0.3 is 0 Å². The van der Waals surface area contributed by atoms with E-state index in [0.717, 1.165) is 6.54 Å². The van der Waals surface area contributed by atoms with Crippen LogP contribution in [0.3, 0.4) is 0 Å². The van der Waals surface area contributed by atoms with E-state index in [1.807, 2.05) is 32.8 Å². The number of hydrogen-bond donors (Lipinski definition) is 2. The Morgan fingerprint density at radius 2 is 1.94 bits per heavy atom. The van der Waals surface area contributed by atoms with Gasteiger partial charge in [0.05, 0.1) is 6.10 Å². The highest BCUT2D eigenvalue weighted by Crippen LogP contribution is 2.23. The second-order valence-corrected chi connectivity index (χ2v) is 5.57. The fourth-order valence-electron chi connectivity index (χ4n) is 1.10. The summed E-state index contributed by atoms with van der Waals surface area (Å²) in [5.41, 5.74) is 0. The van der Waals surface area contributed by atoms with Gasteiger partial charge in [0.2, 0.25) is 11.9 Å². The normalized spacial score (nSPS) is 14.1. The van der Waals surface area contributed by atoms with Crippen LogP contribution in [0.15, 0.2) is 5.16 Å². The Balaban J connectivity index is 2.95. The predicted octanol–water partition coefficient (Wildman–Crippen LogP) is 1.23. The smallest absolute Gasteiger partial charge is 0.230 e. The third-order valence-corrected chi connectivity index (χ3v) is 3.47. The van der Waals surface area contributed by atoms with Gasteiger partial charge in [-0.25, -0.2) is 0 Å². The maximum atomic E-state index is 9.52. The summed E-state index contributed by atoms with van der Waals surface area (Å²) in [6, 6.07) is 0. The van der Waals surface area contributed by atoms with Gasteiger partial charge in [-0.15, -0.1) is 0 Å². The SMILES string of the molecule is CCNc1nc(SC(C)C(C)O)nc(N(C)C)n1. The van der Waals surface area contributed by atoms with Crippen molar-refractivity contribution in [3.05, 3.63) is 0 Å². The zero-order chi connectivity index (χ0) is 13.7. The molecule has 2 N–H and O–H groups in total. The number of aliphatic hydroxyl groups is 1. The molecule has 0 aromatic carbocycles. The summed E-state index contributed by atoms with van der Waals surface area (Å²) in [6.07, 6.45) is -0.405. The van der Waals surface area contributed by atoms with Crippen molar-refractivity contribution in [3.63, 3.8) is 0 Å². The summed E-state index contributed by atoms with van der Waals surface area (Å²) in [7, 11) is 3.77. The van der Waals surface area contributed by atoms with Crippen LogP contribution in [-0.4, -0.2) is 52.1 Å². The number of nitrogens with zero attached hydrogens (tertiary/aromatic N) is 4. The van der Waals surface area contributed by atoms with Gasteiger partial charge in [0.25, 0.3) is 0 Å². The molecular weight excluding hydrogens is 250 g/mol. The highest BCUT2D eigenvalue weighted by atomic mass is 32.2. The molecule has 0 bridgehead atoms. The molecular formula is C11H21N5OS. The van der Waals surface area contributed by atoms with E-state index in [9.17, 15) is 5.11 Å². The van der Waals surface area contributed by atoms with Gasteiger partial charge in [0.1, 0.15) is 0 Å². The van der Waals surface area contributed by atoms with Crippen molar-refractivity contribution in [2.75, 3.05) is 30.9 Å². The minimum atomic E-state index is -0.405. The van der Waals surface area contributed by atoms with Gasteiger partial charge in [-0.1, -0.05) is 18.7 Å². The number of anilines is 2. The summed E-state index contributed by atoms with van der Waals surface area (Å²) in [5, 5.41) is 13.3. The van der Waals surface area contributed by atoms with Crippen molar-refractivity contribution in [1.29, 1.82) is 0 Å². The van der Waals surface area contributed by atoms with Gasteiger partial charge in [-0.2, -0.15) is 15.0 Å². The molecule has 0 amide bonds. The molecule has 0 aliphatic heterocycles. The number of aromatic nitrogens is 3. The standard InChI is InChI=1S/C11H21N5OS/c1-6-12-9-13-10(16(4)5)15-11(14-9)18-8(3)7(2)17/h7-8,17H,6H2,1-5H3,(H,12,13,14,15). The van der Waals surface area contributed by atoms with Crippen LogP contribution in [0.4, 0.5) is 11.9 Å². The summed E-state index contributed by atoms with van der Waals surface area (Å²) >= 11 is 1.44. The van der Waals surface area contributed by atoms with Crippen molar-refractivity contribution in [2.45, 2.75) is 37.3 Å². The van der Waals surface area contributed by atoms with Crippen LogP contribution < -0.4 is 10.2 Å². The van der Waals surface area contributed by atoms with E-state index in [2.05, 4.69) is 20.3 Å². The Labute approximate surface area is 112 Å². The largest absolute Gasteiger partial charge is 0.392 e. The Kier molecular flexibility index (Phi) is 5.61. The number of rotatable bonds is 6. The number of nitrogens with one attached hydrogen (secondary N) is 1. The van der Waals surface area contributed by atoms with E-state index in [4.69, 9.17) is 0 Å². The highest BCUT2D eigenvalue weighted by Gasteiger charge is 2.15. The molecule has 0 aliphatic carbocycles. The summed E-state index contributed by atoms with van der Waals surface area (Å²) in [6.45, 7) is 6.45. The summed E-state index contributed by atoms with van der Waals surface area (Å²) < 4.78 is 0. The highest BCUT2D eigenvalue weighted by molar-refractivity contribution is 7.99. The molecule has 1 aromatic rings. The number of aliphatic hydroxyl groups excluding tert-OH is 1. The monoisotopic (exact) mass is 271 g/mol. The Bertz CT molecular complexity index is 386. The van der Waals surface area contributed by atoms with E-state index in [1.165, 1.54) is 11.8 Å². The quantitative estimate of drug-likeness (QED) is 0.754. The minimum Gasteiger partial charge on any atom is -0.392 e. The second-order valence-electron chi connectivity index (χ2n) is 4.23. The lowest BCUT2D eigenvalue weighted by Gasteiger charge is -2.16. The lowest BCUT2D eigenvalue weighted by molar-refractivity contribution is 0.196. The molecule has 2 unspecified atom stereocenters. The third-order valence-electron chi connectivity index (χ3n) is 2.31. The topological polar surface area (TPSA) is 74.2 Å². The minimum absolute atomic E-state index is 0.0388. The van der Waals surface area contributed by atoms with Crippen LogP contribution >= 0.6 is 11.8 Å². The van der Waals surface area contributed by atoms with Crippen LogP contribution in [0.1, 0.15) is 20.8 Å². The van der Waals surface area contributed by atoms with Gasteiger partial charge < -0.3 is 15.3 Å². The lowest BCUT2D eigenvalue weighted by Crippen LogP contribution is -2.18. The first-order chi connectivity index (χ1) is 8.43. The number of thioether (sulfide) groups is 1. The molecule has 0 spiro atoms. The van der Waals surface area contributed by atoms with E-state index in [1.54, 1.807) is 6.92 Å². The van der Waals surface area contributed by atoms with Crippen molar-refractivity contribution >= 4 is 23.7 Å². The molecule has 7 heteroatoms. The van der Waals surface area contributed by atoms with Gasteiger partial charge in [-0.05, 0) is 13.8 Å². The molecule has 0 aliphatic rings. The Morgan fingerprint density at radius 3 is 2.44 bits per heavy atom. The first-order valence-electron chi connectivity index (χ1n) is 5.96. The van der Waals surface area contributed by atoms with Crippen molar-refractivity contribution in [2.24, 2.45) is 0 Å². The molecule has 18 heavy (non-hydrogen) atoms. The molecule has 6 nitrogen and oxygen atoms in total. The van der Waals surface area contributed by atoms with E-state index >= 15 is 0 Å². The van der Waals surface area contributed by atoms with E-state index in [0.29, 0.717) is 17.1 Å². The predicted molar refractivity (Wildman–Crippen MR) is 75.3 cm³/mol. The summed E-state index contributed by atoms with van der Waals surface area (Å²) in [4.78, 5) is 14.8. The van der Waals surface area contributed by atoms with Crippen molar-refractivity contribution in [3.8, 4) is 0 Å². The van der Waals surface area contributed by atoms with Crippen LogP contribution in [0.5, 0.6) is 0 Å². The molecule has 0 radical (unpaired) electrons. The zero-order valence-corrected chi connectivity index (χ0v) is 12.3. The zero-order valence-electron chi connectivity index (χ0n) is 11.5. The third kappa shape index (κ3) is 4.30. The van der Waals surface area contributed by atoms with Crippen LogP contribution in [0.2, 0.25) is 0 Å². The van der Waals surface area contributed by atoms with Gasteiger partial charge in [0, 0.05) is 25.9 Å². The molecule has 102 valence electrons. The number of hydrogen-bond acceptors (Lipinski definition) is 7. The van der Waals surface area contributed by atoms with Crippen molar-refractivity contribution in [1.82, 2.24) is 15.0 Å². The summed E-state index contributed by atoms with van der Waals surface area (Å²) in [5.74, 6) is 1.18. The molecule has 2 atom stereocenters. The fraction of sp³-hybridized carbons (Fsp3) is 0.727. The molecule has 0 saturated carbocycles. The molecule has 0 saturated heterocycles. The Morgan fingerprint density at radius 1 is 1.28 bits per heavy atom. The van der Waals surface area contributed by atoms with Gasteiger partial charge in [-0.3, -0.25) is 0 Å². The van der Waals surface area contributed by atoms with Gasteiger partial charge in [0.15, 0.2) is 5.16 Å². The average molecular weight is 271 g/mol. The molecule has 0 fully saturated rings. The van der Waals surface area contributed by atoms with Crippen LogP contribution in [0, 0.1) is 0 Å². The average Bonchev–Trinajstić information content (AvgIpc) is 2.28. The van der Waals surface area contributed by atoms with E-state index < -0.39 is 6.10 Å². The van der Waals surface area contributed by atoms with Crippen molar-refractivity contribution < 1.29 is 5.11 Å². The second kappa shape index (κ2) is 6.75. The molecule has 1 rings (SSSR count). The molecule has 1 aromatic heterocycles. The maximum Gasteiger partial charge on any atom is 0.230 e. The van der Waals surface area contributed by atoms with Crippen LogP contribution in [0.25, 0.3) is 0 Å². The Hall–Kier alpha value is -1.08. The fourth-order valence-corrected chi connectivity index (χ4v) is 1.90. The molecule has 1 heterocycles. The first kappa shape index (κ1) is 15.0. The van der Waals surface area contributed by atoms with E-state index in [-0.39, 0.29) is 5.25 Å². The lowest BCUT2D eigenvalue weighted by atomic mass is 10.3.